The van der Waals surface area contributed by atoms with Crippen molar-refractivity contribution >= 4 is 11.6 Å². The van der Waals surface area contributed by atoms with Crippen molar-refractivity contribution < 1.29 is 19.4 Å². The molecule has 5 nitrogen and oxygen atoms in total. The quantitative estimate of drug-likeness (QED) is 0.740. The number of aliphatic hydroxyl groups is 2. The van der Waals surface area contributed by atoms with Gasteiger partial charge >= 0.3 is 0 Å². The molecule has 1 amide bonds. The number of hydrogen-bond acceptors (Lipinski definition) is 4. The van der Waals surface area contributed by atoms with E-state index in [-0.39, 0.29) is 24.9 Å². The number of carbonyl (C=O) groups is 1. The molecule has 0 unspecified atom stereocenters. The summed E-state index contributed by atoms with van der Waals surface area (Å²) in [6, 6.07) is 11.9. The van der Waals surface area contributed by atoms with Gasteiger partial charge < -0.3 is 20.4 Å². The highest BCUT2D eigenvalue weighted by molar-refractivity contribution is 6.00. The van der Waals surface area contributed by atoms with Crippen molar-refractivity contribution in [2.75, 3.05) is 31.6 Å². The molecule has 3 N–H and O–H groups in total. The topological polar surface area (TPSA) is 72.8 Å². The zero-order valence-electron chi connectivity index (χ0n) is 16.4. The maximum Gasteiger partial charge on any atom is 0.255 e. The first-order chi connectivity index (χ1) is 14.0. The average molecular weight is 398 g/mol. The van der Waals surface area contributed by atoms with Gasteiger partial charge in [0.25, 0.3) is 5.91 Å². The minimum Gasteiger partial charge on any atom is -0.396 e. The lowest BCUT2D eigenvalue weighted by atomic mass is 9.73. The van der Waals surface area contributed by atoms with Gasteiger partial charge in [-0.3, -0.25) is 4.79 Å². The Morgan fingerprint density at radius 3 is 2.79 bits per heavy atom. The van der Waals surface area contributed by atoms with Crippen LogP contribution >= 0.6 is 0 Å². The molecule has 6 heteroatoms. The SMILES string of the molecule is O=C(c1cccc2c1NCCC2)N1CC[C@H](O)[C@@](CO)(Cc2ccc(F)cc2)C1. The molecule has 0 spiro atoms. The second-order valence-corrected chi connectivity index (χ2v) is 8.22. The fourth-order valence-electron chi connectivity index (χ4n) is 4.57. The van der Waals surface area contributed by atoms with E-state index in [4.69, 9.17) is 0 Å². The number of anilines is 1. The Labute approximate surface area is 170 Å². The summed E-state index contributed by atoms with van der Waals surface area (Å²) in [4.78, 5) is 15.1. The van der Waals surface area contributed by atoms with Crippen molar-refractivity contribution in [1.29, 1.82) is 0 Å². The van der Waals surface area contributed by atoms with E-state index in [1.54, 1.807) is 17.0 Å². The predicted molar refractivity (Wildman–Crippen MR) is 109 cm³/mol. The van der Waals surface area contributed by atoms with Gasteiger partial charge in [-0.05, 0) is 55.0 Å². The fraction of sp³-hybridized carbons (Fsp3) is 0.435. The number of halogens is 1. The summed E-state index contributed by atoms with van der Waals surface area (Å²) >= 11 is 0. The molecular weight excluding hydrogens is 371 g/mol. The highest BCUT2D eigenvalue weighted by atomic mass is 19.1. The zero-order chi connectivity index (χ0) is 20.4. The number of piperidine rings is 1. The molecule has 2 heterocycles. The lowest BCUT2D eigenvalue weighted by molar-refractivity contribution is -0.0668. The highest BCUT2D eigenvalue weighted by Gasteiger charge is 2.44. The summed E-state index contributed by atoms with van der Waals surface area (Å²) in [5, 5.41) is 24.3. The molecule has 1 saturated heterocycles. The maximum absolute atomic E-state index is 13.4. The van der Waals surface area contributed by atoms with E-state index < -0.39 is 11.5 Å². The summed E-state index contributed by atoms with van der Waals surface area (Å²) in [6.07, 6.45) is 2.04. The summed E-state index contributed by atoms with van der Waals surface area (Å²) in [7, 11) is 0. The molecule has 29 heavy (non-hydrogen) atoms. The first-order valence-electron chi connectivity index (χ1n) is 10.2. The number of nitrogens with one attached hydrogen (secondary N) is 1. The minimum absolute atomic E-state index is 0.0833. The van der Waals surface area contributed by atoms with E-state index in [0.717, 1.165) is 36.2 Å². The highest BCUT2D eigenvalue weighted by Crippen LogP contribution is 2.36. The Morgan fingerprint density at radius 1 is 1.24 bits per heavy atom. The van der Waals surface area contributed by atoms with Crippen LogP contribution in [0.15, 0.2) is 42.5 Å². The van der Waals surface area contributed by atoms with Gasteiger partial charge in [0.15, 0.2) is 0 Å². The van der Waals surface area contributed by atoms with Gasteiger partial charge in [0, 0.05) is 25.0 Å². The number of rotatable bonds is 4. The third-order valence-electron chi connectivity index (χ3n) is 6.26. The Hall–Kier alpha value is -2.44. The standard InChI is InChI=1S/C23H27FN2O3/c24-18-8-6-16(7-9-18)13-23(15-27)14-26(12-10-20(23)28)22(29)19-5-1-3-17-4-2-11-25-21(17)19/h1,3,5-9,20,25,27-28H,2,4,10-15H2/t20-,23-/m0/s1. The van der Waals surface area contributed by atoms with E-state index in [2.05, 4.69) is 5.32 Å². The fourth-order valence-corrected chi connectivity index (χ4v) is 4.57. The van der Waals surface area contributed by atoms with Crippen LogP contribution in [0.5, 0.6) is 0 Å². The smallest absolute Gasteiger partial charge is 0.255 e. The summed E-state index contributed by atoms with van der Waals surface area (Å²) in [5.41, 5.74) is 2.66. The number of carbonyl (C=O) groups excluding carboxylic acids is 1. The van der Waals surface area contributed by atoms with E-state index in [1.807, 2.05) is 18.2 Å². The second kappa shape index (κ2) is 8.13. The van der Waals surface area contributed by atoms with Crippen LogP contribution in [0, 0.1) is 11.2 Å². The minimum atomic E-state index is -0.867. The van der Waals surface area contributed by atoms with Gasteiger partial charge in [0.2, 0.25) is 0 Å². The van der Waals surface area contributed by atoms with Crippen LogP contribution in [0.1, 0.15) is 34.3 Å². The maximum atomic E-state index is 13.4. The summed E-state index contributed by atoms with van der Waals surface area (Å²) in [6.45, 7) is 1.29. The molecule has 1 fully saturated rings. The molecule has 0 saturated carbocycles. The summed E-state index contributed by atoms with van der Waals surface area (Å²) < 4.78 is 13.3. The van der Waals surface area contributed by atoms with Crippen LogP contribution in [0.2, 0.25) is 0 Å². The van der Waals surface area contributed by atoms with Crippen molar-refractivity contribution in [1.82, 2.24) is 4.90 Å². The van der Waals surface area contributed by atoms with E-state index in [1.165, 1.54) is 12.1 Å². The predicted octanol–water partition coefficient (Wildman–Crippen LogP) is 2.61. The Bertz CT molecular complexity index is 886. The molecule has 4 rings (SSSR count). The van der Waals surface area contributed by atoms with E-state index in [0.29, 0.717) is 24.9 Å². The van der Waals surface area contributed by atoms with Crippen LogP contribution in [-0.2, 0) is 12.8 Å². The number of nitrogens with zero attached hydrogens (tertiary/aromatic N) is 1. The molecule has 2 aliphatic heterocycles. The average Bonchev–Trinajstić information content (AvgIpc) is 2.76. The monoisotopic (exact) mass is 398 g/mol. The third kappa shape index (κ3) is 3.87. The Balaban J connectivity index is 1.59. The van der Waals surface area contributed by atoms with Gasteiger partial charge in [0.1, 0.15) is 5.82 Å². The van der Waals surface area contributed by atoms with Crippen LogP contribution < -0.4 is 5.32 Å². The molecule has 2 atom stereocenters. The second-order valence-electron chi connectivity index (χ2n) is 8.22. The number of fused-ring (bicyclic) bond motifs is 1. The molecule has 2 aromatic rings. The van der Waals surface area contributed by atoms with Crippen LogP contribution in [-0.4, -0.2) is 53.4 Å². The number of hydrogen-bond donors (Lipinski definition) is 3. The zero-order valence-corrected chi connectivity index (χ0v) is 16.4. The third-order valence-corrected chi connectivity index (χ3v) is 6.26. The number of aryl methyl sites for hydroxylation is 1. The molecule has 0 aliphatic carbocycles. The van der Waals surface area contributed by atoms with Crippen LogP contribution in [0.25, 0.3) is 0 Å². The number of likely N-dealkylation sites (tertiary alicyclic amines) is 1. The molecule has 154 valence electrons. The molecule has 2 aliphatic rings. The summed E-state index contributed by atoms with van der Waals surface area (Å²) in [5.74, 6) is -0.408. The van der Waals surface area contributed by atoms with Gasteiger partial charge in [-0.1, -0.05) is 24.3 Å². The van der Waals surface area contributed by atoms with Gasteiger partial charge in [-0.15, -0.1) is 0 Å². The number of benzene rings is 2. The Morgan fingerprint density at radius 2 is 2.03 bits per heavy atom. The molecular formula is C23H27FN2O3. The van der Waals surface area contributed by atoms with Crippen LogP contribution in [0.4, 0.5) is 10.1 Å². The van der Waals surface area contributed by atoms with Crippen LogP contribution in [0.3, 0.4) is 0 Å². The van der Waals surface area contributed by atoms with Crippen molar-refractivity contribution in [3.8, 4) is 0 Å². The lowest BCUT2D eigenvalue weighted by Gasteiger charge is -2.45. The van der Waals surface area contributed by atoms with Gasteiger partial charge in [0.05, 0.1) is 24.0 Å². The van der Waals surface area contributed by atoms with Crippen molar-refractivity contribution in [3.63, 3.8) is 0 Å². The van der Waals surface area contributed by atoms with Crippen molar-refractivity contribution in [2.45, 2.75) is 31.8 Å². The lowest BCUT2D eigenvalue weighted by Crippen LogP contribution is -2.56. The first kappa shape index (κ1) is 19.9. The van der Waals surface area contributed by atoms with Gasteiger partial charge in [-0.2, -0.15) is 0 Å². The number of aliphatic hydroxyl groups excluding tert-OH is 2. The first-order valence-corrected chi connectivity index (χ1v) is 10.2. The molecule has 2 aromatic carbocycles. The number of amides is 1. The largest absolute Gasteiger partial charge is 0.396 e. The van der Waals surface area contributed by atoms with Crippen molar-refractivity contribution in [2.24, 2.45) is 5.41 Å². The van der Waals surface area contributed by atoms with Crippen molar-refractivity contribution in [3.05, 3.63) is 65.0 Å². The molecule has 0 bridgehead atoms. The molecule has 0 aromatic heterocycles. The number of para-hydroxylation sites is 1. The normalized spacial score (nSPS) is 24.0. The molecule has 0 radical (unpaired) electrons. The van der Waals surface area contributed by atoms with E-state index >= 15 is 0 Å². The Kier molecular flexibility index (Phi) is 5.56. The van der Waals surface area contributed by atoms with Gasteiger partial charge in [-0.25, -0.2) is 4.39 Å². The van der Waals surface area contributed by atoms with E-state index in [9.17, 15) is 19.4 Å².